The van der Waals surface area contributed by atoms with Crippen molar-refractivity contribution < 1.29 is 9.47 Å². The first-order valence-corrected chi connectivity index (χ1v) is 7.33. The highest BCUT2D eigenvalue weighted by atomic mass is 16.5. The minimum atomic E-state index is 0.587. The molecule has 2 aliphatic heterocycles. The monoisotopic (exact) mass is 274 g/mol. The lowest BCUT2D eigenvalue weighted by Crippen LogP contribution is -2.40. The Morgan fingerprint density at radius 3 is 3.25 bits per heavy atom. The van der Waals surface area contributed by atoms with Crippen LogP contribution in [0.4, 0.5) is 0 Å². The molecule has 1 fully saturated rings. The van der Waals surface area contributed by atoms with E-state index >= 15 is 0 Å². The minimum absolute atomic E-state index is 0.587. The number of hydrogen-bond donors (Lipinski definition) is 0. The number of hydrogen-bond acceptors (Lipinski definition) is 4. The van der Waals surface area contributed by atoms with Gasteiger partial charge in [0.2, 0.25) is 0 Å². The van der Waals surface area contributed by atoms with Crippen LogP contribution in [0.5, 0.6) is 0 Å². The number of nitrogens with zero attached hydrogens (tertiary/aromatic N) is 2. The highest BCUT2D eigenvalue weighted by Crippen LogP contribution is 2.25. The van der Waals surface area contributed by atoms with Crippen LogP contribution in [0.25, 0.3) is 0 Å². The van der Waals surface area contributed by atoms with E-state index in [0.29, 0.717) is 19.3 Å². The predicted molar refractivity (Wildman–Crippen MR) is 77.4 cm³/mol. The highest BCUT2D eigenvalue weighted by molar-refractivity contribution is 5.33. The van der Waals surface area contributed by atoms with E-state index in [1.807, 2.05) is 12.4 Å². The maximum Gasteiger partial charge on any atom is 0.0738 e. The zero-order valence-corrected chi connectivity index (χ0v) is 11.9. The van der Waals surface area contributed by atoms with Gasteiger partial charge in [-0.3, -0.25) is 9.88 Å². The molecular formula is C16H22N2O2. The molecule has 20 heavy (non-hydrogen) atoms. The summed E-state index contributed by atoms with van der Waals surface area (Å²) in [5.74, 6) is 0. The first-order chi connectivity index (χ1) is 9.88. The van der Waals surface area contributed by atoms with Gasteiger partial charge in [0.1, 0.15) is 0 Å². The normalized spacial score (nSPS) is 22.7. The van der Waals surface area contributed by atoms with Gasteiger partial charge >= 0.3 is 0 Å². The number of fused-ring (bicyclic) bond motifs is 1. The number of rotatable bonds is 5. The summed E-state index contributed by atoms with van der Waals surface area (Å²) >= 11 is 0. The quantitative estimate of drug-likeness (QED) is 0.607. The van der Waals surface area contributed by atoms with E-state index in [9.17, 15) is 0 Å². The van der Waals surface area contributed by atoms with E-state index in [4.69, 9.17) is 9.47 Å². The van der Waals surface area contributed by atoms with Gasteiger partial charge < -0.3 is 9.47 Å². The molecule has 0 N–H and O–H groups in total. The molecule has 0 bridgehead atoms. The standard InChI is InChI=1S/C16H22N2O2/c1-2-6-19-11-14-9-17-8-13-10-18(5-3-16(13)14)15-4-7-20-12-15/h2,8-9,15H,1,3-7,10-12H2. The van der Waals surface area contributed by atoms with Gasteiger partial charge in [0, 0.05) is 38.1 Å². The summed E-state index contributed by atoms with van der Waals surface area (Å²) in [4.78, 5) is 6.91. The minimum Gasteiger partial charge on any atom is -0.380 e. The lowest BCUT2D eigenvalue weighted by molar-refractivity contribution is 0.131. The van der Waals surface area contributed by atoms with Crippen molar-refractivity contribution in [3.63, 3.8) is 0 Å². The number of aromatic nitrogens is 1. The van der Waals surface area contributed by atoms with Crippen LogP contribution in [-0.2, 0) is 29.0 Å². The molecule has 0 spiro atoms. The molecule has 4 nitrogen and oxygen atoms in total. The smallest absolute Gasteiger partial charge is 0.0738 e. The van der Waals surface area contributed by atoms with Crippen LogP contribution in [-0.4, -0.2) is 42.3 Å². The van der Waals surface area contributed by atoms with E-state index in [1.165, 1.54) is 16.7 Å². The average molecular weight is 274 g/mol. The molecule has 0 aliphatic carbocycles. The SMILES string of the molecule is C=CCOCc1cncc2c1CCN(C1CCOC1)C2. The van der Waals surface area contributed by atoms with Gasteiger partial charge in [0.05, 0.1) is 19.8 Å². The van der Waals surface area contributed by atoms with Crippen molar-refractivity contribution in [2.45, 2.75) is 32.0 Å². The molecule has 1 saturated heterocycles. The van der Waals surface area contributed by atoms with Crippen LogP contribution in [0, 0.1) is 0 Å². The highest BCUT2D eigenvalue weighted by Gasteiger charge is 2.27. The molecule has 0 radical (unpaired) electrons. The number of ether oxygens (including phenoxy) is 2. The topological polar surface area (TPSA) is 34.6 Å². The molecule has 1 atom stereocenters. The van der Waals surface area contributed by atoms with Crippen molar-refractivity contribution in [1.82, 2.24) is 9.88 Å². The summed E-state index contributed by atoms with van der Waals surface area (Å²) in [6.45, 7) is 8.79. The van der Waals surface area contributed by atoms with Crippen molar-refractivity contribution in [2.75, 3.05) is 26.4 Å². The van der Waals surface area contributed by atoms with E-state index < -0.39 is 0 Å². The first-order valence-electron chi connectivity index (χ1n) is 7.33. The molecule has 0 amide bonds. The van der Waals surface area contributed by atoms with Crippen molar-refractivity contribution in [2.24, 2.45) is 0 Å². The molecule has 0 aromatic carbocycles. The Morgan fingerprint density at radius 1 is 1.50 bits per heavy atom. The summed E-state index contributed by atoms with van der Waals surface area (Å²) in [6.07, 6.45) is 7.97. The van der Waals surface area contributed by atoms with Gasteiger partial charge in [-0.15, -0.1) is 6.58 Å². The van der Waals surface area contributed by atoms with Crippen molar-refractivity contribution in [1.29, 1.82) is 0 Å². The molecule has 0 saturated carbocycles. The Bertz CT molecular complexity index is 470. The zero-order valence-electron chi connectivity index (χ0n) is 11.9. The molecule has 1 aromatic heterocycles. The lowest BCUT2D eigenvalue weighted by Gasteiger charge is -2.33. The van der Waals surface area contributed by atoms with Crippen LogP contribution >= 0.6 is 0 Å². The molecule has 2 aliphatic rings. The summed E-state index contributed by atoms with van der Waals surface area (Å²) in [6, 6.07) is 0.587. The summed E-state index contributed by atoms with van der Waals surface area (Å²) < 4.78 is 11.1. The molecular weight excluding hydrogens is 252 g/mol. The fourth-order valence-electron chi connectivity index (χ4n) is 3.09. The molecule has 1 aromatic rings. The lowest BCUT2D eigenvalue weighted by atomic mass is 9.96. The second kappa shape index (κ2) is 6.48. The fourth-order valence-corrected chi connectivity index (χ4v) is 3.09. The van der Waals surface area contributed by atoms with Crippen LogP contribution in [0.3, 0.4) is 0 Å². The number of pyridine rings is 1. The largest absolute Gasteiger partial charge is 0.380 e. The molecule has 3 heterocycles. The van der Waals surface area contributed by atoms with Crippen LogP contribution in [0.15, 0.2) is 25.0 Å². The van der Waals surface area contributed by atoms with E-state index in [-0.39, 0.29) is 0 Å². The van der Waals surface area contributed by atoms with Gasteiger partial charge in [-0.25, -0.2) is 0 Å². The van der Waals surface area contributed by atoms with E-state index in [2.05, 4.69) is 16.5 Å². The predicted octanol–water partition coefficient (Wildman–Crippen LogP) is 1.93. The third-order valence-corrected chi connectivity index (χ3v) is 4.17. The van der Waals surface area contributed by atoms with Gasteiger partial charge in [-0.2, -0.15) is 0 Å². The maximum atomic E-state index is 5.57. The maximum absolute atomic E-state index is 5.57. The second-order valence-electron chi connectivity index (χ2n) is 5.48. The Morgan fingerprint density at radius 2 is 2.45 bits per heavy atom. The Kier molecular flexibility index (Phi) is 4.45. The molecule has 108 valence electrons. The molecule has 3 rings (SSSR count). The van der Waals surface area contributed by atoms with Crippen LogP contribution in [0.1, 0.15) is 23.1 Å². The van der Waals surface area contributed by atoms with Crippen molar-refractivity contribution in [3.8, 4) is 0 Å². The Hall–Kier alpha value is -1.23. The van der Waals surface area contributed by atoms with Crippen molar-refractivity contribution in [3.05, 3.63) is 41.7 Å². The van der Waals surface area contributed by atoms with E-state index in [0.717, 1.165) is 39.1 Å². The Labute approximate surface area is 120 Å². The summed E-state index contributed by atoms with van der Waals surface area (Å²) in [7, 11) is 0. The molecule has 1 unspecified atom stereocenters. The van der Waals surface area contributed by atoms with Crippen LogP contribution < -0.4 is 0 Å². The van der Waals surface area contributed by atoms with E-state index in [1.54, 1.807) is 6.08 Å². The fraction of sp³-hybridized carbons (Fsp3) is 0.562. The second-order valence-corrected chi connectivity index (χ2v) is 5.48. The summed E-state index contributed by atoms with van der Waals surface area (Å²) in [5.41, 5.74) is 4.01. The van der Waals surface area contributed by atoms with Gasteiger partial charge in [-0.1, -0.05) is 6.08 Å². The zero-order chi connectivity index (χ0) is 13.8. The molecule has 4 heteroatoms. The Balaban J connectivity index is 1.70. The van der Waals surface area contributed by atoms with Gasteiger partial charge in [0.25, 0.3) is 0 Å². The third kappa shape index (κ3) is 2.92. The van der Waals surface area contributed by atoms with Gasteiger partial charge in [-0.05, 0) is 29.5 Å². The average Bonchev–Trinajstić information content (AvgIpc) is 3.01. The van der Waals surface area contributed by atoms with Gasteiger partial charge in [0.15, 0.2) is 0 Å². The third-order valence-electron chi connectivity index (χ3n) is 4.17. The first kappa shape index (κ1) is 13.7. The van der Waals surface area contributed by atoms with Crippen LogP contribution in [0.2, 0.25) is 0 Å². The summed E-state index contributed by atoms with van der Waals surface area (Å²) in [5, 5.41) is 0. The van der Waals surface area contributed by atoms with Crippen molar-refractivity contribution >= 4 is 0 Å².